The topological polar surface area (TPSA) is 30.5 Å². The van der Waals surface area contributed by atoms with E-state index in [4.69, 9.17) is 9.47 Å². The second-order valence-electron chi connectivity index (χ2n) is 5.25. The van der Waals surface area contributed by atoms with Crippen molar-refractivity contribution < 1.29 is 9.47 Å². The van der Waals surface area contributed by atoms with Gasteiger partial charge in [0.15, 0.2) is 11.5 Å². The van der Waals surface area contributed by atoms with Crippen LogP contribution >= 0.6 is 15.9 Å². The van der Waals surface area contributed by atoms with Gasteiger partial charge in [-0.25, -0.2) is 0 Å². The molecule has 2 aromatic carbocycles. The highest BCUT2D eigenvalue weighted by Crippen LogP contribution is 2.37. The average Bonchev–Trinajstić information content (AvgIpc) is 2.47. The van der Waals surface area contributed by atoms with E-state index < -0.39 is 0 Å². The summed E-state index contributed by atoms with van der Waals surface area (Å²) in [5, 5.41) is 3.28. The molecule has 0 unspecified atom stereocenters. The van der Waals surface area contributed by atoms with Crippen LogP contribution < -0.4 is 14.8 Å². The van der Waals surface area contributed by atoms with E-state index >= 15 is 0 Å². The fourth-order valence-corrected chi connectivity index (χ4v) is 2.63. The molecule has 0 radical (unpaired) electrons. The first-order valence-electron chi connectivity index (χ1n) is 7.13. The highest BCUT2D eigenvalue weighted by Gasteiger charge is 2.38. The summed E-state index contributed by atoms with van der Waals surface area (Å²) >= 11 is 3.50. The van der Waals surface area contributed by atoms with Crippen LogP contribution in [-0.2, 0) is 0 Å². The SMILES string of the molecule is CCC1(Oc2cc(Br)ccc2Oc2ccccc2)CNC1. The maximum atomic E-state index is 6.25. The molecule has 1 N–H and O–H groups in total. The van der Waals surface area contributed by atoms with Gasteiger partial charge in [-0.2, -0.15) is 0 Å². The van der Waals surface area contributed by atoms with Crippen molar-refractivity contribution in [3.63, 3.8) is 0 Å². The third-order valence-corrected chi connectivity index (χ3v) is 4.24. The first-order chi connectivity index (χ1) is 10.2. The van der Waals surface area contributed by atoms with Gasteiger partial charge in [0.05, 0.1) is 0 Å². The molecule has 1 aliphatic rings. The molecule has 21 heavy (non-hydrogen) atoms. The Hall–Kier alpha value is -1.52. The molecule has 0 bridgehead atoms. The van der Waals surface area contributed by atoms with Gasteiger partial charge >= 0.3 is 0 Å². The van der Waals surface area contributed by atoms with Crippen LogP contribution in [0.5, 0.6) is 17.2 Å². The monoisotopic (exact) mass is 347 g/mol. The Morgan fingerprint density at radius 1 is 1.10 bits per heavy atom. The number of hydrogen-bond donors (Lipinski definition) is 1. The third-order valence-electron chi connectivity index (χ3n) is 3.74. The maximum Gasteiger partial charge on any atom is 0.169 e. The minimum Gasteiger partial charge on any atom is -0.481 e. The molecule has 1 fully saturated rings. The second-order valence-corrected chi connectivity index (χ2v) is 6.16. The molecule has 2 aromatic rings. The van der Waals surface area contributed by atoms with E-state index in [0.717, 1.165) is 41.2 Å². The Morgan fingerprint density at radius 2 is 1.86 bits per heavy atom. The number of halogens is 1. The number of nitrogens with one attached hydrogen (secondary N) is 1. The molecule has 0 aromatic heterocycles. The van der Waals surface area contributed by atoms with Crippen molar-refractivity contribution in [3.8, 4) is 17.2 Å². The molecule has 0 amide bonds. The standard InChI is InChI=1S/C17H18BrNO2/c1-2-17(11-19-12-17)21-16-10-13(18)8-9-15(16)20-14-6-4-3-5-7-14/h3-10,19H,2,11-12H2,1H3. The van der Waals surface area contributed by atoms with Gasteiger partial charge in [-0.05, 0) is 36.8 Å². The van der Waals surface area contributed by atoms with Crippen molar-refractivity contribution in [3.05, 3.63) is 53.0 Å². The third kappa shape index (κ3) is 3.22. The van der Waals surface area contributed by atoms with Gasteiger partial charge in [0.1, 0.15) is 11.4 Å². The average molecular weight is 348 g/mol. The van der Waals surface area contributed by atoms with E-state index in [0.29, 0.717) is 0 Å². The predicted molar refractivity (Wildman–Crippen MR) is 87.2 cm³/mol. The summed E-state index contributed by atoms with van der Waals surface area (Å²) in [7, 11) is 0. The fourth-order valence-electron chi connectivity index (χ4n) is 2.29. The zero-order valence-corrected chi connectivity index (χ0v) is 13.5. The molecule has 4 heteroatoms. The Labute approximate surface area is 133 Å². The molecule has 3 rings (SSSR count). The lowest BCUT2D eigenvalue weighted by Crippen LogP contribution is -2.62. The minimum atomic E-state index is -0.115. The molecule has 3 nitrogen and oxygen atoms in total. The van der Waals surface area contributed by atoms with Crippen molar-refractivity contribution in [2.24, 2.45) is 0 Å². The van der Waals surface area contributed by atoms with Gasteiger partial charge in [-0.15, -0.1) is 0 Å². The van der Waals surface area contributed by atoms with Gasteiger partial charge in [0.2, 0.25) is 0 Å². The van der Waals surface area contributed by atoms with Gasteiger partial charge in [0, 0.05) is 17.6 Å². The number of rotatable bonds is 5. The van der Waals surface area contributed by atoms with Crippen LogP contribution in [0.4, 0.5) is 0 Å². The summed E-state index contributed by atoms with van der Waals surface area (Å²) in [5.74, 6) is 2.32. The van der Waals surface area contributed by atoms with Crippen LogP contribution in [0.15, 0.2) is 53.0 Å². The minimum absolute atomic E-state index is 0.115. The summed E-state index contributed by atoms with van der Waals surface area (Å²) in [6.45, 7) is 3.90. The zero-order chi connectivity index (χ0) is 14.7. The maximum absolute atomic E-state index is 6.25. The molecule has 0 saturated carbocycles. The summed E-state index contributed by atoms with van der Waals surface area (Å²) in [5.41, 5.74) is -0.115. The number of benzene rings is 2. The lowest BCUT2D eigenvalue weighted by Gasteiger charge is -2.42. The molecule has 0 atom stereocenters. The number of hydrogen-bond acceptors (Lipinski definition) is 3. The van der Waals surface area contributed by atoms with Crippen molar-refractivity contribution in [1.29, 1.82) is 0 Å². The van der Waals surface area contributed by atoms with E-state index in [1.165, 1.54) is 0 Å². The fraction of sp³-hybridized carbons (Fsp3) is 0.294. The Balaban J connectivity index is 1.86. The molecule has 0 aliphatic carbocycles. The van der Waals surface area contributed by atoms with Crippen LogP contribution in [0.1, 0.15) is 13.3 Å². The first kappa shape index (κ1) is 14.4. The lowest BCUT2D eigenvalue weighted by molar-refractivity contribution is 0.0111. The van der Waals surface area contributed by atoms with Crippen LogP contribution in [0.25, 0.3) is 0 Å². The number of ether oxygens (including phenoxy) is 2. The van der Waals surface area contributed by atoms with E-state index in [-0.39, 0.29) is 5.60 Å². The molecular formula is C17H18BrNO2. The molecular weight excluding hydrogens is 330 g/mol. The molecule has 1 aliphatic heterocycles. The first-order valence-corrected chi connectivity index (χ1v) is 7.92. The largest absolute Gasteiger partial charge is 0.481 e. The van der Waals surface area contributed by atoms with Crippen LogP contribution in [0.2, 0.25) is 0 Å². The van der Waals surface area contributed by atoms with E-state index in [9.17, 15) is 0 Å². The summed E-state index contributed by atoms with van der Waals surface area (Å²) in [6.07, 6.45) is 0.970. The molecule has 1 saturated heterocycles. The Morgan fingerprint density at radius 3 is 2.48 bits per heavy atom. The Bertz CT molecular complexity index is 606. The van der Waals surface area contributed by atoms with Crippen molar-refractivity contribution in [2.75, 3.05) is 13.1 Å². The van der Waals surface area contributed by atoms with Gasteiger partial charge < -0.3 is 14.8 Å². The van der Waals surface area contributed by atoms with Crippen LogP contribution in [0, 0.1) is 0 Å². The molecule has 110 valence electrons. The van der Waals surface area contributed by atoms with Crippen LogP contribution in [-0.4, -0.2) is 18.7 Å². The highest BCUT2D eigenvalue weighted by molar-refractivity contribution is 9.10. The normalized spacial score (nSPS) is 16.1. The molecule has 0 spiro atoms. The van der Waals surface area contributed by atoms with Crippen LogP contribution in [0.3, 0.4) is 0 Å². The summed E-state index contributed by atoms with van der Waals surface area (Å²) < 4.78 is 13.2. The van der Waals surface area contributed by atoms with Crippen molar-refractivity contribution in [2.45, 2.75) is 18.9 Å². The quantitative estimate of drug-likeness (QED) is 0.870. The molecule has 1 heterocycles. The predicted octanol–water partition coefficient (Wildman–Crippen LogP) is 4.37. The van der Waals surface area contributed by atoms with Crippen molar-refractivity contribution in [1.82, 2.24) is 5.32 Å². The van der Waals surface area contributed by atoms with Gasteiger partial charge in [-0.3, -0.25) is 0 Å². The summed E-state index contributed by atoms with van der Waals surface area (Å²) in [6, 6.07) is 15.6. The second kappa shape index (κ2) is 6.08. The highest BCUT2D eigenvalue weighted by atomic mass is 79.9. The number of para-hydroxylation sites is 1. The van der Waals surface area contributed by atoms with Gasteiger partial charge in [-0.1, -0.05) is 41.1 Å². The Kier molecular flexibility index (Phi) is 4.17. The summed E-state index contributed by atoms with van der Waals surface area (Å²) in [4.78, 5) is 0. The lowest BCUT2D eigenvalue weighted by atomic mass is 9.93. The van der Waals surface area contributed by atoms with E-state index in [2.05, 4.69) is 28.2 Å². The smallest absolute Gasteiger partial charge is 0.169 e. The van der Waals surface area contributed by atoms with Crippen molar-refractivity contribution >= 4 is 15.9 Å². The van der Waals surface area contributed by atoms with Gasteiger partial charge in [0.25, 0.3) is 0 Å². The van der Waals surface area contributed by atoms with E-state index in [1.807, 2.05) is 48.5 Å². The van der Waals surface area contributed by atoms with E-state index in [1.54, 1.807) is 0 Å². The zero-order valence-electron chi connectivity index (χ0n) is 11.9.